The SMILES string of the molecule is O=C(O)c1coc(-c2cc(Cl)ccc2Cl)n1. The minimum absolute atomic E-state index is 0.130. The Balaban J connectivity index is 2.50. The summed E-state index contributed by atoms with van der Waals surface area (Å²) in [5, 5.41) is 9.55. The molecule has 0 radical (unpaired) electrons. The van der Waals surface area contributed by atoms with Gasteiger partial charge < -0.3 is 9.52 Å². The summed E-state index contributed by atoms with van der Waals surface area (Å²) in [6.07, 6.45) is 1.05. The number of carboxylic acids is 1. The lowest BCUT2D eigenvalue weighted by molar-refractivity contribution is 0.0690. The number of aromatic nitrogens is 1. The number of benzene rings is 1. The molecular weight excluding hydrogens is 253 g/mol. The maximum Gasteiger partial charge on any atom is 0.357 e. The predicted molar refractivity (Wildman–Crippen MR) is 58.9 cm³/mol. The van der Waals surface area contributed by atoms with E-state index in [0.717, 1.165) is 6.26 Å². The third kappa shape index (κ3) is 2.03. The lowest BCUT2D eigenvalue weighted by atomic mass is 10.2. The van der Waals surface area contributed by atoms with Gasteiger partial charge in [-0.3, -0.25) is 0 Å². The van der Waals surface area contributed by atoms with Crippen molar-refractivity contribution in [1.29, 1.82) is 0 Å². The molecule has 0 fully saturated rings. The summed E-state index contributed by atoms with van der Waals surface area (Å²) < 4.78 is 5.01. The van der Waals surface area contributed by atoms with Gasteiger partial charge in [-0.05, 0) is 18.2 Å². The van der Waals surface area contributed by atoms with Crippen LogP contribution in [0.25, 0.3) is 11.5 Å². The Labute approximate surface area is 100 Å². The van der Waals surface area contributed by atoms with Crippen molar-refractivity contribution >= 4 is 29.2 Å². The number of aromatic carboxylic acids is 1. The molecule has 0 saturated carbocycles. The molecule has 4 nitrogen and oxygen atoms in total. The van der Waals surface area contributed by atoms with E-state index in [4.69, 9.17) is 32.7 Å². The van der Waals surface area contributed by atoms with Gasteiger partial charge in [0.25, 0.3) is 0 Å². The number of carboxylic acid groups (broad SMARTS) is 1. The van der Waals surface area contributed by atoms with Crippen molar-refractivity contribution in [2.45, 2.75) is 0 Å². The lowest BCUT2D eigenvalue weighted by Crippen LogP contribution is -1.95. The van der Waals surface area contributed by atoms with Crippen LogP contribution in [0.2, 0.25) is 10.0 Å². The second-order valence-corrected chi connectivity index (χ2v) is 3.81. The largest absolute Gasteiger partial charge is 0.476 e. The van der Waals surface area contributed by atoms with E-state index in [0.29, 0.717) is 15.6 Å². The normalized spacial score (nSPS) is 10.4. The highest BCUT2D eigenvalue weighted by molar-refractivity contribution is 6.35. The van der Waals surface area contributed by atoms with E-state index in [-0.39, 0.29) is 11.6 Å². The van der Waals surface area contributed by atoms with E-state index in [1.54, 1.807) is 18.2 Å². The van der Waals surface area contributed by atoms with Crippen molar-refractivity contribution in [2.75, 3.05) is 0 Å². The van der Waals surface area contributed by atoms with E-state index in [1.807, 2.05) is 0 Å². The Kier molecular flexibility index (Phi) is 2.85. The second-order valence-electron chi connectivity index (χ2n) is 2.97. The average molecular weight is 258 g/mol. The van der Waals surface area contributed by atoms with Crippen molar-refractivity contribution in [3.8, 4) is 11.5 Å². The number of hydrogen-bond donors (Lipinski definition) is 1. The fraction of sp³-hybridized carbons (Fsp3) is 0. The molecule has 1 aromatic carbocycles. The Bertz CT molecular complexity index is 551. The summed E-state index contributed by atoms with van der Waals surface area (Å²) in [7, 11) is 0. The molecule has 0 unspecified atom stereocenters. The van der Waals surface area contributed by atoms with Gasteiger partial charge in [-0.15, -0.1) is 0 Å². The van der Waals surface area contributed by atoms with Gasteiger partial charge in [0.1, 0.15) is 6.26 Å². The van der Waals surface area contributed by atoms with Crippen LogP contribution < -0.4 is 0 Å². The fourth-order valence-electron chi connectivity index (χ4n) is 1.16. The summed E-state index contributed by atoms with van der Waals surface area (Å²) in [6, 6.07) is 4.76. The Hall–Kier alpha value is -1.52. The number of nitrogens with zero attached hydrogens (tertiary/aromatic N) is 1. The summed E-state index contributed by atoms with van der Waals surface area (Å²) >= 11 is 11.7. The number of hydrogen-bond acceptors (Lipinski definition) is 3. The highest BCUT2D eigenvalue weighted by Crippen LogP contribution is 2.29. The topological polar surface area (TPSA) is 63.3 Å². The van der Waals surface area contributed by atoms with Gasteiger partial charge in [-0.1, -0.05) is 23.2 Å². The Morgan fingerprint density at radius 1 is 1.38 bits per heavy atom. The monoisotopic (exact) mass is 257 g/mol. The van der Waals surface area contributed by atoms with Crippen molar-refractivity contribution in [3.63, 3.8) is 0 Å². The molecule has 2 rings (SSSR count). The maximum absolute atomic E-state index is 10.6. The molecular formula is C10H5Cl2NO3. The van der Waals surface area contributed by atoms with E-state index >= 15 is 0 Å². The zero-order chi connectivity index (χ0) is 11.7. The Morgan fingerprint density at radius 3 is 2.75 bits per heavy atom. The van der Waals surface area contributed by atoms with Crippen molar-refractivity contribution in [2.24, 2.45) is 0 Å². The minimum Gasteiger partial charge on any atom is -0.476 e. The first-order valence-corrected chi connectivity index (χ1v) is 4.98. The molecule has 0 aliphatic rings. The van der Waals surface area contributed by atoms with Crippen LogP contribution in [0.15, 0.2) is 28.9 Å². The van der Waals surface area contributed by atoms with Gasteiger partial charge in [0, 0.05) is 5.02 Å². The van der Waals surface area contributed by atoms with Crippen molar-refractivity contribution in [1.82, 2.24) is 4.98 Å². The summed E-state index contributed by atoms with van der Waals surface area (Å²) in [5.41, 5.74) is 0.285. The average Bonchev–Trinajstić information content (AvgIpc) is 2.70. The standard InChI is InChI=1S/C10H5Cl2NO3/c11-5-1-2-7(12)6(3-5)9-13-8(4-16-9)10(14)15/h1-4H,(H,14,15). The molecule has 82 valence electrons. The molecule has 0 atom stereocenters. The van der Waals surface area contributed by atoms with Crippen molar-refractivity contribution in [3.05, 3.63) is 40.2 Å². The summed E-state index contributed by atoms with van der Waals surface area (Å²) in [6.45, 7) is 0. The first-order chi connectivity index (χ1) is 7.58. The molecule has 2 aromatic rings. The summed E-state index contributed by atoms with van der Waals surface area (Å²) in [5.74, 6) is -1.03. The molecule has 0 spiro atoms. The zero-order valence-electron chi connectivity index (χ0n) is 7.78. The third-order valence-electron chi connectivity index (χ3n) is 1.88. The van der Waals surface area contributed by atoms with Crippen LogP contribution in [0, 0.1) is 0 Å². The number of carbonyl (C=O) groups is 1. The smallest absolute Gasteiger partial charge is 0.357 e. The van der Waals surface area contributed by atoms with E-state index < -0.39 is 5.97 Å². The first-order valence-electron chi connectivity index (χ1n) is 4.22. The van der Waals surface area contributed by atoms with E-state index in [9.17, 15) is 4.79 Å². The van der Waals surface area contributed by atoms with Crippen LogP contribution in [0.4, 0.5) is 0 Å². The molecule has 1 N–H and O–H groups in total. The Morgan fingerprint density at radius 2 is 2.12 bits per heavy atom. The minimum atomic E-state index is -1.16. The van der Waals surface area contributed by atoms with Gasteiger partial charge in [-0.2, -0.15) is 0 Å². The van der Waals surface area contributed by atoms with Crippen molar-refractivity contribution < 1.29 is 14.3 Å². The van der Waals surface area contributed by atoms with Crippen LogP contribution in [-0.2, 0) is 0 Å². The highest BCUT2D eigenvalue weighted by atomic mass is 35.5. The maximum atomic E-state index is 10.6. The molecule has 16 heavy (non-hydrogen) atoms. The predicted octanol–water partition coefficient (Wildman–Crippen LogP) is 3.35. The van der Waals surface area contributed by atoms with Crippen LogP contribution in [-0.4, -0.2) is 16.1 Å². The van der Waals surface area contributed by atoms with Gasteiger partial charge in [0.2, 0.25) is 5.89 Å². The fourth-order valence-corrected chi connectivity index (χ4v) is 1.53. The van der Waals surface area contributed by atoms with E-state index in [2.05, 4.69) is 4.98 Å². The lowest BCUT2D eigenvalue weighted by Gasteiger charge is -1.99. The first kappa shape index (κ1) is 11.0. The van der Waals surface area contributed by atoms with Crippen LogP contribution >= 0.6 is 23.2 Å². The van der Waals surface area contributed by atoms with Gasteiger partial charge in [-0.25, -0.2) is 9.78 Å². The van der Waals surface area contributed by atoms with Crippen LogP contribution in [0.1, 0.15) is 10.5 Å². The third-order valence-corrected chi connectivity index (χ3v) is 2.45. The van der Waals surface area contributed by atoms with E-state index in [1.165, 1.54) is 0 Å². The molecule has 0 aliphatic heterocycles. The van der Waals surface area contributed by atoms with Gasteiger partial charge >= 0.3 is 5.97 Å². The molecule has 0 saturated heterocycles. The van der Waals surface area contributed by atoms with Crippen LogP contribution in [0.5, 0.6) is 0 Å². The zero-order valence-corrected chi connectivity index (χ0v) is 9.29. The number of halogens is 2. The molecule has 0 aliphatic carbocycles. The summed E-state index contributed by atoms with van der Waals surface area (Å²) in [4.78, 5) is 14.4. The molecule has 1 aromatic heterocycles. The van der Waals surface area contributed by atoms with Crippen LogP contribution in [0.3, 0.4) is 0 Å². The second kappa shape index (κ2) is 4.15. The molecule has 0 bridgehead atoms. The molecule has 0 amide bonds. The molecule has 1 heterocycles. The van der Waals surface area contributed by atoms with Gasteiger partial charge in [0.05, 0.1) is 10.6 Å². The van der Waals surface area contributed by atoms with Gasteiger partial charge in [0.15, 0.2) is 5.69 Å². The highest BCUT2D eigenvalue weighted by Gasteiger charge is 2.14. The number of rotatable bonds is 2. The number of oxazole rings is 1. The molecule has 6 heteroatoms. The quantitative estimate of drug-likeness (QED) is 0.897.